The van der Waals surface area contributed by atoms with Crippen LogP contribution in [0.4, 0.5) is 0 Å². The van der Waals surface area contributed by atoms with E-state index in [2.05, 4.69) is 4.72 Å². The van der Waals surface area contributed by atoms with Gasteiger partial charge in [-0.15, -0.1) is 11.3 Å². The Morgan fingerprint density at radius 3 is 2.83 bits per heavy atom. The lowest BCUT2D eigenvalue weighted by Crippen LogP contribution is -2.29. The zero-order valence-electron chi connectivity index (χ0n) is 9.73. The van der Waals surface area contributed by atoms with E-state index < -0.39 is 10.0 Å². The maximum Gasteiger partial charge on any atom is 0.242 e. The normalized spacial score (nSPS) is 12.2. The first-order valence-electron chi connectivity index (χ1n) is 5.34. The first kappa shape index (κ1) is 13.8. The summed E-state index contributed by atoms with van der Waals surface area (Å²) in [7, 11) is -3.53. The van der Waals surface area contributed by atoms with Gasteiger partial charge in [-0.05, 0) is 25.1 Å². The lowest BCUT2D eigenvalue weighted by Gasteiger charge is -2.05. The van der Waals surface area contributed by atoms with Crippen molar-refractivity contribution in [1.29, 1.82) is 0 Å². The number of nitrogens with one attached hydrogen (secondary N) is 1. The first-order valence-corrected chi connectivity index (χ1v) is 8.02. The molecule has 0 saturated heterocycles. The molecule has 2 rings (SSSR count). The molecule has 18 heavy (non-hydrogen) atoms. The van der Waals surface area contributed by atoms with Gasteiger partial charge >= 0.3 is 0 Å². The highest BCUT2D eigenvalue weighted by Crippen LogP contribution is 2.35. The number of rotatable bonds is 4. The number of halogens is 1. The summed E-state index contributed by atoms with van der Waals surface area (Å²) in [4.78, 5) is 1.05. The third-order valence-electron chi connectivity index (χ3n) is 2.47. The fourth-order valence-electron chi connectivity index (χ4n) is 1.77. The van der Waals surface area contributed by atoms with Gasteiger partial charge in [0.2, 0.25) is 10.0 Å². The molecule has 0 radical (unpaired) electrons. The van der Waals surface area contributed by atoms with Crippen molar-refractivity contribution in [2.75, 3.05) is 13.1 Å². The Morgan fingerprint density at radius 2 is 2.17 bits per heavy atom. The zero-order valence-corrected chi connectivity index (χ0v) is 12.1. The molecule has 0 aliphatic carbocycles. The van der Waals surface area contributed by atoms with Gasteiger partial charge in [0.05, 0.1) is 0 Å². The number of aryl methyl sites for hydroxylation is 1. The molecule has 1 heterocycles. The average Bonchev–Trinajstić information content (AvgIpc) is 2.62. The van der Waals surface area contributed by atoms with Gasteiger partial charge in [0, 0.05) is 33.1 Å². The fraction of sp³-hybridized carbons (Fsp3) is 0.273. The van der Waals surface area contributed by atoms with Crippen LogP contribution in [0.15, 0.2) is 23.1 Å². The molecule has 4 nitrogen and oxygen atoms in total. The molecule has 0 bridgehead atoms. The van der Waals surface area contributed by atoms with Crippen molar-refractivity contribution < 1.29 is 8.42 Å². The standard InChI is InChI=1S/C11H13ClN2O2S2/c1-7-11(18(15,16)14-5-4-13)9-6-8(12)2-3-10(9)17-7/h2-3,6,14H,4-5,13H2,1H3. The highest BCUT2D eigenvalue weighted by atomic mass is 35.5. The van der Waals surface area contributed by atoms with E-state index in [0.29, 0.717) is 15.3 Å². The number of benzene rings is 1. The lowest BCUT2D eigenvalue weighted by atomic mass is 10.2. The number of fused-ring (bicyclic) bond motifs is 1. The monoisotopic (exact) mass is 304 g/mol. The van der Waals surface area contributed by atoms with Crippen LogP contribution < -0.4 is 10.5 Å². The SMILES string of the molecule is Cc1sc2ccc(Cl)cc2c1S(=O)(=O)NCCN. The highest BCUT2D eigenvalue weighted by molar-refractivity contribution is 7.90. The third-order valence-corrected chi connectivity index (χ3v) is 5.57. The van der Waals surface area contributed by atoms with Crippen LogP contribution in [-0.2, 0) is 10.0 Å². The van der Waals surface area contributed by atoms with E-state index in [0.717, 1.165) is 9.58 Å². The molecule has 0 amide bonds. The van der Waals surface area contributed by atoms with Gasteiger partial charge in [-0.2, -0.15) is 0 Å². The van der Waals surface area contributed by atoms with E-state index in [4.69, 9.17) is 17.3 Å². The number of hydrogen-bond acceptors (Lipinski definition) is 4. The van der Waals surface area contributed by atoms with E-state index in [9.17, 15) is 8.42 Å². The van der Waals surface area contributed by atoms with Crippen LogP contribution in [0.2, 0.25) is 5.02 Å². The minimum atomic E-state index is -3.53. The smallest absolute Gasteiger partial charge is 0.242 e. The molecule has 0 aliphatic rings. The summed E-state index contributed by atoms with van der Waals surface area (Å²) in [6.07, 6.45) is 0. The number of hydrogen-bond donors (Lipinski definition) is 2. The quantitative estimate of drug-likeness (QED) is 0.908. The van der Waals surface area contributed by atoms with Gasteiger partial charge in [0.15, 0.2) is 0 Å². The average molecular weight is 305 g/mol. The van der Waals surface area contributed by atoms with Crippen LogP contribution >= 0.6 is 22.9 Å². The molecule has 0 saturated carbocycles. The summed E-state index contributed by atoms with van der Waals surface area (Å²) in [6, 6.07) is 5.26. The molecule has 7 heteroatoms. The summed E-state index contributed by atoms with van der Waals surface area (Å²) in [5.41, 5.74) is 5.32. The van der Waals surface area contributed by atoms with Gasteiger partial charge in [-0.1, -0.05) is 11.6 Å². The Hall–Kier alpha value is -0.660. The number of nitrogens with two attached hydrogens (primary N) is 1. The molecule has 0 atom stereocenters. The molecular weight excluding hydrogens is 292 g/mol. The summed E-state index contributed by atoms with van der Waals surface area (Å²) in [5.74, 6) is 0. The summed E-state index contributed by atoms with van der Waals surface area (Å²) < 4.78 is 27.8. The molecule has 0 fully saturated rings. The van der Waals surface area contributed by atoms with Crippen molar-refractivity contribution in [3.8, 4) is 0 Å². The molecule has 98 valence electrons. The largest absolute Gasteiger partial charge is 0.329 e. The summed E-state index contributed by atoms with van der Waals surface area (Å²) in [5, 5.41) is 1.19. The Labute approximate surface area is 115 Å². The molecule has 0 unspecified atom stereocenters. The topological polar surface area (TPSA) is 72.2 Å². The van der Waals surface area contributed by atoms with E-state index in [1.165, 1.54) is 11.3 Å². The van der Waals surface area contributed by atoms with Gasteiger partial charge in [0.25, 0.3) is 0 Å². The maximum absolute atomic E-state index is 12.2. The van der Waals surface area contributed by atoms with Crippen LogP contribution in [-0.4, -0.2) is 21.5 Å². The van der Waals surface area contributed by atoms with Crippen molar-refractivity contribution in [3.63, 3.8) is 0 Å². The second-order valence-electron chi connectivity index (χ2n) is 3.81. The Bertz CT molecular complexity index is 680. The van der Waals surface area contributed by atoms with Crippen LogP contribution in [0, 0.1) is 6.92 Å². The molecule has 3 N–H and O–H groups in total. The molecular formula is C11H13ClN2O2S2. The molecule has 0 aliphatic heterocycles. The molecule has 1 aromatic carbocycles. The van der Waals surface area contributed by atoms with E-state index in [-0.39, 0.29) is 13.1 Å². The Morgan fingerprint density at radius 1 is 1.44 bits per heavy atom. The van der Waals surface area contributed by atoms with Crippen molar-refractivity contribution in [1.82, 2.24) is 4.72 Å². The van der Waals surface area contributed by atoms with Crippen molar-refractivity contribution in [2.45, 2.75) is 11.8 Å². The second kappa shape index (κ2) is 5.14. The number of sulfonamides is 1. The van der Waals surface area contributed by atoms with E-state index >= 15 is 0 Å². The minimum Gasteiger partial charge on any atom is -0.329 e. The second-order valence-corrected chi connectivity index (χ2v) is 7.21. The summed E-state index contributed by atoms with van der Waals surface area (Å²) in [6.45, 7) is 2.27. The summed E-state index contributed by atoms with van der Waals surface area (Å²) >= 11 is 7.36. The minimum absolute atomic E-state index is 0.222. The van der Waals surface area contributed by atoms with E-state index in [1.54, 1.807) is 19.1 Å². The highest BCUT2D eigenvalue weighted by Gasteiger charge is 2.22. The fourth-order valence-corrected chi connectivity index (χ4v) is 4.77. The van der Waals surface area contributed by atoms with Crippen LogP contribution in [0.25, 0.3) is 10.1 Å². The first-order chi connectivity index (χ1) is 8.45. The zero-order chi connectivity index (χ0) is 13.3. The van der Waals surface area contributed by atoms with Crippen molar-refractivity contribution >= 4 is 43.0 Å². The molecule has 1 aromatic heterocycles. The predicted octanol–water partition coefficient (Wildman–Crippen LogP) is 2.10. The van der Waals surface area contributed by atoms with Crippen molar-refractivity contribution in [3.05, 3.63) is 28.1 Å². The molecule has 2 aromatic rings. The van der Waals surface area contributed by atoms with Gasteiger partial charge in [-0.25, -0.2) is 13.1 Å². The Balaban J connectivity index is 2.63. The van der Waals surface area contributed by atoms with Crippen LogP contribution in [0.3, 0.4) is 0 Å². The van der Waals surface area contributed by atoms with Gasteiger partial charge < -0.3 is 5.73 Å². The van der Waals surface area contributed by atoms with Crippen LogP contribution in [0.5, 0.6) is 0 Å². The third kappa shape index (κ3) is 2.53. The molecule has 0 spiro atoms. The van der Waals surface area contributed by atoms with Crippen molar-refractivity contribution in [2.24, 2.45) is 5.73 Å². The predicted molar refractivity (Wildman–Crippen MR) is 75.8 cm³/mol. The van der Waals surface area contributed by atoms with Gasteiger partial charge in [0.1, 0.15) is 4.90 Å². The maximum atomic E-state index is 12.2. The number of thiophene rings is 1. The lowest BCUT2D eigenvalue weighted by molar-refractivity contribution is 0.583. The Kier molecular flexibility index (Phi) is 3.93. The van der Waals surface area contributed by atoms with E-state index in [1.807, 2.05) is 6.07 Å². The van der Waals surface area contributed by atoms with Gasteiger partial charge in [-0.3, -0.25) is 0 Å². The van der Waals surface area contributed by atoms with Crippen LogP contribution in [0.1, 0.15) is 4.88 Å².